The molecule has 0 spiro atoms. The molecule has 0 saturated carbocycles. The van der Waals surface area contributed by atoms with E-state index in [0.717, 1.165) is 48.6 Å². The van der Waals surface area contributed by atoms with Crippen LogP contribution >= 0.6 is 0 Å². The number of benzene rings is 2. The van der Waals surface area contributed by atoms with Gasteiger partial charge in [0.2, 0.25) is 0 Å². The summed E-state index contributed by atoms with van der Waals surface area (Å²) in [5.74, 6) is 0.717. The molecule has 2 aromatic heterocycles. The normalized spacial score (nSPS) is 11.0. The third-order valence-corrected chi connectivity index (χ3v) is 5.11. The maximum Gasteiger partial charge on any atom is 0.336 e. The first-order valence-electron chi connectivity index (χ1n) is 10.1. The zero-order valence-corrected chi connectivity index (χ0v) is 16.6. The number of aryl methyl sites for hydroxylation is 1. The van der Waals surface area contributed by atoms with Gasteiger partial charge in [0.25, 0.3) is 0 Å². The van der Waals surface area contributed by atoms with Gasteiger partial charge in [-0.2, -0.15) is 5.26 Å². The van der Waals surface area contributed by atoms with Crippen LogP contribution in [0.15, 0.2) is 63.9 Å². The monoisotopic (exact) mass is 401 g/mol. The molecule has 0 atom stereocenters. The lowest BCUT2D eigenvalue weighted by molar-refractivity contribution is 0.317. The summed E-state index contributed by atoms with van der Waals surface area (Å²) in [5, 5.41) is 14.4. The van der Waals surface area contributed by atoms with Crippen LogP contribution in [-0.2, 0) is 6.42 Å². The third kappa shape index (κ3) is 4.53. The minimum atomic E-state index is -0.362. The van der Waals surface area contributed by atoms with Crippen LogP contribution < -0.4 is 15.7 Å². The molecule has 0 aliphatic rings. The topological polar surface area (TPSA) is 91.1 Å². The molecular weight excluding hydrogens is 378 g/mol. The van der Waals surface area contributed by atoms with Crippen LogP contribution in [0.2, 0.25) is 0 Å². The first-order chi connectivity index (χ1) is 14.7. The Kier molecular flexibility index (Phi) is 6.11. The fraction of sp³-hybridized carbons (Fsp3) is 0.250. The highest BCUT2D eigenvalue weighted by Crippen LogP contribution is 2.24. The van der Waals surface area contributed by atoms with Crippen LogP contribution in [0.3, 0.4) is 0 Å². The van der Waals surface area contributed by atoms with E-state index < -0.39 is 0 Å². The third-order valence-electron chi connectivity index (χ3n) is 5.11. The average molecular weight is 401 g/mol. The Morgan fingerprint density at radius 3 is 2.90 bits per heavy atom. The van der Waals surface area contributed by atoms with E-state index in [1.807, 2.05) is 36.5 Å². The Morgan fingerprint density at radius 1 is 1.07 bits per heavy atom. The van der Waals surface area contributed by atoms with Crippen LogP contribution in [0.1, 0.15) is 24.0 Å². The number of hydrogen-bond donors (Lipinski definition) is 2. The van der Waals surface area contributed by atoms with Gasteiger partial charge in [-0.05, 0) is 67.8 Å². The molecule has 0 saturated heterocycles. The predicted molar refractivity (Wildman–Crippen MR) is 117 cm³/mol. The fourth-order valence-corrected chi connectivity index (χ4v) is 3.58. The number of nitrogens with zero attached hydrogens (tertiary/aromatic N) is 1. The summed E-state index contributed by atoms with van der Waals surface area (Å²) in [4.78, 5) is 14.6. The van der Waals surface area contributed by atoms with Gasteiger partial charge in [-0.15, -0.1) is 0 Å². The smallest absolute Gasteiger partial charge is 0.336 e. The second-order valence-corrected chi connectivity index (χ2v) is 7.16. The van der Waals surface area contributed by atoms with Crippen LogP contribution in [0.4, 0.5) is 0 Å². The van der Waals surface area contributed by atoms with E-state index in [-0.39, 0.29) is 5.63 Å². The largest absolute Gasteiger partial charge is 0.491 e. The van der Waals surface area contributed by atoms with Gasteiger partial charge in [-0.1, -0.05) is 6.07 Å². The zero-order chi connectivity index (χ0) is 20.8. The number of rotatable bonds is 9. The average Bonchev–Trinajstić information content (AvgIpc) is 3.17. The highest BCUT2D eigenvalue weighted by Gasteiger charge is 2.05. The Labute approximate surface area is 174 Å². The fourth-order valence-electron chi connectivity index (χ4n) is 3.58. The minimum Gasteiger partial charge on any atom is -0.491 e. The van der Waals surface area contributed by atoms with Crippen molar-refractivity contribution in [3.8, 4) is 11.8 Å². The molecule has 152 valence electrons. The second-order valence-electron chi connectivity index (χ2n) is 7.16. The van der Waals surface area contributed by atoms with Crippen molar-refractivity contribution in [3.05, 3.63) is 76.3 Å². The lowest BCUT2D eigenvalue weighted by atomic mass is 10.1. The Hall–Kier alpha value is -3.56. The molecule has 6 heteroatoms. The summed E-state index contributed by atoms with van der Waals surface area (Å²) in [6.07, 6.45) is 5.15. The molecule has 0 radical (unpaired) electrons. The highest BCUT2D eigenvalue weighted by molar-refractivity contribution is 5.84. The first kappa shape index (κ1) is 19.7. The van der Waals surface area contributed by atoms with Crippen molar-refractivity contribution in [2.45, 2.75) is 19.3 Å². The summed E-state index contributed by atoms with van der Waals surface area (Å²) in [6.45, 7) is 2.20. The van der Waals surface area contributed by atoms with E-state index in [2.05, 4.69) is 16.4 Å². The number of nitriles is 1. The SMILES string of the molecule is N#Cc1ccc2[nH]cc(CCCCNCCOc3cccc4oc(=O)ccc34)c2c1. The van der Waals surface area contributed by atoms with E-state index in [4.69, 9.17) is 14.4 Å². The number of unbranched alkanes of at least 4 members (excludes halogenated alkanes) is 1. The molecule has 2 heterocycles. The lowest BCUT2D eigenvalue weighted by Gasteiger charge is -2.09. The molecule has 0 bridgehead atoms. The minimum absolute atomic E-state index is 0.362. The Balaban J connectivity index is 1.18. The molecule has 4 rings (SSSR count). The van der Waals surface area contributed by atoms with Crippen molar-refractivity contribution in [1.82, 2.24) is 10.3 Å². The van der Waals surface area contributed by atoms with Crippen LogP contribution in [0.5, 0.6) is 5.75 Å². The van der Waals surface area contributed by atoms with Gasteiger partial charge in [0, 0.05) is 29.7 Å². The van der Waals surface area contributed by atoms with E-state index in [1.54, 1.807) is 12.1 Å². The number of aromatic nitrogens is 1. The van der Waals surface area contributed by atoms with Gasteiger partial charge in [0.05, 0.1) is 17.0 Å². The first-order valence-corrected chi connectivity index (χ1v) is 10.1. The van der Waals surface area contributed by atoms with Gasteiger partial charge in [-0.25, -0.2) is 4.79 Å². The predicted octanol–water partition coefficient (Wildman–Crippen LogP) is 4.14. The van der Waals surface area contributed by atoms with Gasteiger partial charge in [0.1, 0.15) is 17.9 Å². The van der Waals surface area contributed by atoms with Crippen molar-refractivity contribution in [3.63, 3.8) is 0 Å². The molecule has 0 unspecified atom stereocenters. The molecular formula is C24H23N3O3. The molecule has 2 aromatic carbocycles. The summed E-state index contributed by atoms with van der Waals surface area (Å²) < 4.78 is 11.0. The van der Waals surface area contributed by atoms with Crippen molar-refractivity contribution >= 4 is 21.9 Å². The van der Waals surface area contributed by atoms with Gasteiger partial charge >= 0.3 is 5.63 Å². The van der Waals surface area contributed by atoms with Gasteiger partial charge in [0.15, 0.2) is 0 Å². The summed E-state index contributed by atoms with van der Waals surface area (Å²) in [5.41, 5.74) is 3.20. The Morgan fingerprint density at radius 2 is 2.00 bits per heavy atom. The van der Waals surface area contributed by atoms with Crippen molar-refractivity contribution in [2.24, 2.45) is 0 Å². The number of nitrogens with one attached hydrogen (secondary N) is 2. The number of aromatic amines is 1. The van der Waals surface area contributed by atoms with Crippen molar-refractivity contribution in [2.75, 3.05) is 19.7 Å². The molecule has 4 aromatic rings. The number of ether oxygens (including phenoxy) is 1. The summed E-state index contributed by atoms with van der Waals surface area (Å²) >= 11 is 0. The number of hydrogen-bond acceptors (Lipinski definition) is 5. The van der Waals surface area contributed by atoms with E-state index in [0.29, 0.717) is 23.5 Å². The molecule has 0 aliphatic carbocycles. The zero-order valence-electron chi connectivity index (χ0n) is 16.6. The highest BCUT2D eigenvalue weighted by atomic mass is 16.5. The van der Waals surface area contributed by atoms with E-state index in [9.17, 15) is 4.79 Å². The maximum absolute atomic E-state index is 11.3. The molecule has 0 fully saturated rings. The molecule has 2 N–H and O–H groups in total. The van der Waals surface area contributed by atoms with Crippen molar-refractivity contribution < 1.29 is 9.15 Å². The van der Waals surface area contributed by atoms with Crippen LogP contribution in [-0.4, -0.2) is 24.7 Å². The Bertz CT molecular complexity index is 1250. The van der Waals surface area contributed by atoms with Crippen LogP contribution in [0, 0.1) is 11.3 Å². The molecule has 6 nitrogen and oxygen atoms in total. The van der Waals surface area contributed by atoms with Crippen molar-refractivity contribution in [1.29, 1.82) is 5.26 Å². The summed E-state index contributed by atoms with van der Waals surface area (Å²) in [7, 11) is 0. The van der Waals surface area contributed by atoms with E-state index in [1.165, 1.54) is 11.6 Å². The standard InChI is InChI=1S/C24H23N3O3/c25-15-17-7-9-21-20(14-17)18(16-27-21)4-1-2-11-26-12-13-29-22-5-3-6-23-19(22)8-10-24(28)30-23/h3,5-10,14,16,26-27H,1-2,4,11-13H2. The number of H-pyrrole nitrogens is 1. The molecule has 0 amide bonds. The van der Waals surface area contributed by atoms with Crippen LogP contribution in [0.25, 0.3) is 21.9 Å². The lowest BCUT2D eigenvalue weighted by Crippen LogP contribution is -2.22. The number of fused-ring (bicyclic) bond motifs is 2. The summed E-state index contributed by atoms with van der Waals surface area (Å²) in [6, 6.07) is 16.5. The maximum atomic E-state index is 11.3. The second kappa shape index (κ2) is 9.29. The van der Waals surface area contributed by atoms with Gasteiger partial charge in [-0.3, -0.25) is 0 Å². The van der Waals surface area contributed by atoms with E-state index >= 15 is 0 Å². The molecule has 0 aliphatic heterocycles. The van der Waals surface area contributed by atoms with Gasteiger partial charge < -0.3 is 19.5 Å². The quantitative estimate of drug-likeness (QED) is 0.325. The molecule has 30 heavy (non-hydrogen) atoms.